The molecule has 2 heteroatoms. The van der Waals surface area contributed by atoms with E-state index in [9.17, 15) is 0 Å². The van der Waals surface area contributed by atoms with E-state index in [0.717, 1.165) is 12.2 Å². The molecule has 1 atom stereocenters. The van der Waals surface area contributed by atoms with Gasteiger partial charge in [0.15, 0.2) is 0 Å². The van der Waals surface area contributed by atoms with E-state index in [1.165, 1.54) is 5.57 Å². The molecule has 1 unspecified atom stereocenters. The summed E-state index contributed by atoms with van der Waals surface area (Å²) in [6.07, 6.45) is 5.18. The zero-order valence-electron chi connectivity index (χ0n) is 7.26. The molecule has 2 nitrogen and oxygen atoms in total. The number of ether oxygens (including phenoxy) is 2. The van der Waals surface area contributed by atoms with Crippen molar-refractivity contribution in [3.8, 4) is 0 Å². The molecule has 0 fully saturated rings. The Kier molecular flexibility index (Phi) is 2.71. The second kappa shape index (κ2) is 3.58. The molecule has 0 aromatic heterocycles. The Morgan fingerprint density at radius 3 is 2.73 bits per heavy atom. The first-order valence-electron chi connectivity index (χ1n) is 3.72. The van der Waals surface area contributed by atoms with Crippen LogP contribution in [-0.2, 0) is 9.47 Å². The Hall–Kier alpha value is -0.760. The van der Waals surface area contributed by atoms with Crippen molar-refractivity contribution >= 4 is 0 Å². The van der Waals surface area contributed by atoms with E-state index >= 15 is 0 Å². The summed E-state index contributed by atoms with van der Waals surface area (Å²) in [4.78, 5) is 0. The minimum absolute atomic E-state index is 0.190. The molecule has 0 heterocycles. The summed E-state index contributed by atoms with van der Waals surface area (Å²) in [5.74, 6) is 0.997. The van der Waals surface area contributed by atoms with Gasteiger partial charge >= 0.3 is 0 Å². The van der Waals surface area contributed by atoms with Crippen molar-refractivity contribution in [3.05, 3.63) is 23.5 Å². The number of rotatable bonds is 2. The molecule has 1 aliphatic rings. The summed E-state index contributed by atoms with van der Waals surface area (Å²) in [5.41, 5.74) is 1.21. The SMILES string of the molecule is COC1=CC(C)=CC(OC)C1. The summed E-state index contributed by atoms with van der Waals surface area (Å²) < 4.78 is 10.3. The first kappa shape index (κ1) is 8.34. The van der Waals surface area contributed by atoms with Crippen LogP contribution in [0, 0.1) is 0 Å². The third-order valence-electron chi connectivity index (χ3n) is 1.80. The Labute approximate surface area is 67.5 Å². The molecule has 1 aliphatic carbocycles. The van der Waals surface area contributed by atoms with Crippen molar-refractivity contribution < 1.29 is 9.47 Å². The maximum atomic E-state index is 5.20. The number of allylic oxidation sites excluding steroid dienone is 2. The molecular weight excluding hydrogens is 140 g/mol. The highest BCUT2D eigenvalue weighted by atomic mass is 16.5. The van der Waals surface area contributed by atoms with Gasteiger partial charge < -0.3 is 9.47 Å². The van der Waals surface area contributed by atoms with Crippen LogP contribution in [0.5, 0.6) is 0 Å². The predicted octanol–water partition coefficient (Wildman–Crippen LogP) is 1.88. The zero-order chi connectivity index (χ0) is 8.27. The molecule has 0 aliphatic heterocycles. The van der Waals surface area contributed by atoms with Gasteiger partial charge in [0.1, 0.15) is 0 Å². The third kappa shape index (κ3) is 2.09. The minimum Gasteiger partial charge on any atom is -0.501 e. The topological polar surface area (TPSA) is 18.5 Å². The summed E-state index contributed by atoms with van der Waals surface area (Å²) in [5, 5.41) is 0. The molecule has 0 aromatic rings. The lowest BCUT2D eigenvalue weighted by Gasteiger charge is -2.18. The van der Waals surface area contributed by atoms with E-state index in [-0.39, 0.29) is 6.10 Å². The van der Waals surface area contributed by atoms with Crippen molar-refractivity contribution in [3.63, 3.8) is 0 Å². The first-order valence-corrected chi connectivity index (χ1v) is 3.72. The van der Waals surface area contributed by atoms with Gasteiger partial charge in [0, 0.05) is 13.5 Å². The quantitative estimate of drug-likeness (QED) is 0.604. The van der Waals surface area contributed by atoms with Gasteiger partial charge in [-0.05, 0) is 18.6 Å². The van der Waals surface area contributed by atoms with E-state index < -0.39 is 0 Å². The van der Waals surface area contributed by atoms with E-state index in [1.54, 1.807) is 14.2 Å². The van der Waals surface area contributed by atoms with Gasteiger partial charge in [-0.2, -0.15) is 0 Å². The van der Waals surface area contributed by atoms with Gasteiger partial charge in [-0.1, -0.05) is 6.08 Å². The normalized spacial score (nSPS) is 24.1. The fourth-order valence-electron chi connectivity index (χ4n) is 1.21. The Morgan fingerprint density at radius 2 is 2.18 bits per heavy atom. The Morgan fingerprint density at radius 1 is 1.45 bits per heavy atom. The largest absolute Gasteiger partial charge is 0.501 e. The Balaban J connectivity index is 2.67. The molecule has 0 aromatic carbocycles. The second-order valence-electron chi connectivity index (χ2n) is 2.70. The van der Waals surface area contributed by atoms with Crippen molar-refractivity contribution in [1.29, 1.82) is 0 Å². The van der Waals surface area contributed by atoms with E-state index in [0.29, 0.717) is 0 Å². The van der Waals surface area contributed by atoms with Gasteiger partial charge in [0.05, 0.1) is 19.0 Å². The lowest BCUT2D eigenvalue weighted by molar-refractivity contribution is 0.120. The molecule has 62 valence electrons. The van der Waals surface area contributed by atoms with Crippen LogP contribution < -0.4 is 0 Å². The average Bonchev–Trinajstić information content (AvgIpc) is 2.03. The fraction of sp³-hybridized carbons (Fsp3) is 0.556. The van der Waals surface area contributed by atoms with Crippen molar-refractivity contribution in [2.45, 2.75) is 19.4 Å². The molecule has 0 radical (unpaired) electrons. The minimum atomic E-state index is 0.190. The van der Waals surface area contributed by atoms with Crippen molar-refractivity contribution in [1.82, 2.24) is 0 Å². The smallest absolute Gasteiger partial charge is 0.0987 e. The van der Waals surface area contributed by atoms with Crippen LogP contribution in [0.4, 0.5) is 0 Å². The fourth-order valence-corrected chi connectivity index (χ4v) is 1.21. The average molecular weight is 154 g/mol. The van der Waals surface area contributed by atoms with Crippen LogP contribution in [0.25, 0.3) is 0 Å². The number of hydrogen-bond donors (Lipinski definition) is 0. The van der Waals surface area contributed by atoms with Crippen LogP contribution in [0.15, 0.2) is 23.5 Å². The maximum absolute atomic E-state index is 5.20. The predicted molar refractivity (Wildman–Crippen MR) is 44.3 cm³/mol. The highest BCUT2D eigenvalue weighted by Gasteiger charge is 2.12. The lowest BCUT2D eigenvalue weighted by atomic mass is 10.0. The van der Waals surface area contributed by atoms with Crippen LogP contribution in [0.2, 0.25) is 0 Å². The highest BCUT2D eigenvalue weighted by molar-refractivity contribution is 5.25. The number of methoxy groups -OCH3 is 2. The lowest BCUT2D eigenvalue weighted by Crippen LogP contribution is -2.12. The summed E-state index contributed by atoms with van der Waals surface area (Å²) in [7, 11) is 3.41. The molecule has 0 N–H and O–H groups in total. The third-order valence-corrected chi connectivity index (χ3v) is 1.80. The maximum Gasteiger partial charge on any atom is 0.0987 e. The van der Waals surface area contributed by atoms with Crippen LogP contribution in [-0.4, -0.2) is 20.3 Å². The van der Waals surface area contributed by atoms with Crippen LogP contribution in [0.3, 0.4) is 0 Å². The molecule has 0 bridgehead atoms. The second-order valence-corrected chi connectivity index (χ2v) is 2.70. The zero-order valence-corrected chi connectivity index (χ0v) is 7.26. The van der Waals surface area contributed by atoms with Gasteiger partial charge in [-0.3, -0.25) is 0 Å². The number of hydrogen-bond acceptors (Lipinski definition) is 2. The molecule has 0 amide bonds. The summed E-state index contributed by atoms with van der Waals surface area (Å²) >= 11 is 0. The molecule has 11 heavy (non-hydrogen) atoms. The van der Waals surface area contributed by atoms with E-state index in [1.807, 2.05) is 13.0 Å². The summed E-state index contributed by atoms with van der Waals surface area (Å²) in [6.45, 7) is 2.05. The van der Waals surface area contributed by atoms with E-state index in [4.69, 9.17) is 9.47 Å². The molecule has 1 rings (SSSR count). The summed E-state index contributed by atoms with van der Waals surface area (Å²) in [6, 6.07) is 0. The monoisotopic (exact) mass is 154 g/mol. The van der Waals surface area contributed by atoms with Crippen molar-refractivity contribution in [2.24, 2.45) is 0 Å². The van der Waals surface area contributed by atoms with Gasteiger partial charge in [-0.15, -0.1) is 0 Å². The molecule has 0 spiro atoms. The van der Waals surface area contributed by atoms with Crippen LogP contribution in [0.1, 0.15) is 13.3 Å². The van der Waals surface area contributed by atoms with Gasteiger partial charge in [0.25, 0.3) is 0 Å². The van der Waals surface area contributed by atoms with Gasteiger partial charge in [-0.25, -0.2) is 0 Å². The Bertz CT molecular complexity index is 192. The molecule has 0 saturated heterocycles. The van der Waals surface area contributed by atoms with Crippen LogP contribution >= 0.6 is 0 Å². The van der Waals surface area contributed by atoms with E-state index in [2.05, 4.69) is 6.08 Å². The standard InChI is InChI=1S/C9H14O2/c1-7-4-8(10-2)6-9(5-7)11-3/h4-5,8H,6H2,1-3H3. The first-order chi connectivity index (χ1) is 5.26. The van der Waals surface area contributed by atoms with Gasteiger partial charge in [0.2, 0.25) is 0 Å². The highest BCUT2D eigenvalue weighted by Crippen LogP contribution is 2.19. The molecular formula is C9H14O2. The molecule has 0 saturated carbocycles. The van der Waals surface area contributed by atoms with Crippen molar-refractivity contribution in [2.75, 3.05) is 14.2 Å².